The Labute approximate surface area is 132 Å². The van der Waals surface area contributed by atoms with Gasteiger partial charge >= 0.3 is 5.97 Å². The van der Waals surface area contributed by atoms with Gasteiger partial charge in [0.25, 0.3) is 5.91 Å². The van der Waals surface area contributed by atoms with Crippen LogP contribution in [0.3, 0.4) is 0 Å². The number of carbonyl (C=O) groups excluding carboxylic acids is 2. The van der Waals surface area contributed by atoms with Gasteiger partial charge in [-0.25, -0.2) is 10.4 Å². The van der Waals surface area contributed by atoms with E-state index in [2.05, 4.69) is 5.43 Å². The van der Waals surface area contributed by atoms with Crippen molar-refractivity contribution >= 4 is 46.3 Å². The predicted octanol–water partition coefficient (Wildman–Crippen LogP) is 1.96. The fourth-order valence-electron chi connectivity index (χ4n) is 1.66. The summed E-state index contributed by atoms with van der Waals surface area (Å²) in [6.45, 7) is 1.92. The van der Waals surface area contributed by atoms with Gasteiger partial charge < -0.3 is 4.74 Å². The summed E-state index contributed by atoms with van der Waals surface area (Å²) in [6, 6.07) is 9.50. The maximum atomic E-state index is 12.2. The second kappa shape index (κ2) is 7.35. The molecule has 2 rings (SSSR count). The first-order valence-corrected chi connectivity index (χ1v) is 7.56. The summed E-state index contributed by atoms with van der Waals surface area (Å²) in [5.41, 5.74) is 3.61. The Hall–Kier alpha value is -1.70. The summed E-state index contributed by atoms with van der Waals surface area (Å²) >= 11 is 6.34. The highest BCUT2D eigenvalue weighted by atomic mass is 32.2. The van der Waals surface area contributed by atoms with Crippen molar-refractivity contribution in [2.24, 2.45) is 0 Å². The van der Waals surface area contributed by atoms with Crippen molar-refractivity contribution in [3.8, 4) is 0 Å². The summed E-state index contributed by atoms with van der Waals surface area (Å²) in [6.07, 6.45) is 1.77. The van der Waals surface area contributed by atoms with Crippen molar-refractivity contribution in [1.82, 2.24) is 10.4 Å². The van der Waals surface area contributed by atoms with Crippen LogP contribution in [0.4, 0.5) is 0 Å². The van der Waals surface area contributed by atoms with Crippen molar-refractivity contribution in [1.29, 1.82) is 0 Å². The topological polar surface area (TPSA) is 58.6 Å². The van der Waals surface area contributed by atoms with Crippen LogP contribution < -0.4 is 5.43 Å². The van der Waals surface area contributed by atoms with E-state index in [4.69, 9.17) is 17.0 Å². The molecule has 110 valence electrons. The molecule has 1 aromatic rings. The molecule has 1 heterocycles. The Morgan fingerprint density at radius 3 is 2.81 bits per heavy atom. The quantitative estimate of drug-likeness (QED) is 0.508. The highest BCUT2D eigenvalue weighted by molar-refractivity contribution is 8.26. The molecule has 1 N–H and O–H groups in total. The van der Waals surface area contributed by atoms with E-state index < -0.39 is 5.97 Å². The molecule has 1 saturated heterocycles. The first kappa shape index (κ1) is 15.7. The SMILES string of the molecule is CCOC(=O)CNN1C(=O)/C(=C\c2ccccc2)SC1=S. The number of thiocarbonyl (C=S) groups is 1. The van der Waals surface area contributed by atoms with Gasteiger partial charge in [0.15, 0.2) is 4.32 Å². The van der Waals surface area contributed by atoms with E-state index in [1.165, 1.54) is 16.8 Å². The van der Waals surface area contributed by atoms with E-state index in [9.17, 15) is 9.59 Å². The van der Waals surface area contributed by atoms with Crippen LogP contribution in [-0.2, 0) is 14.3 Å². The number of rotatable bonds is 5. The summed E-state index contributed by atoms with van der Waals surface area (Å²) in [5.74, 6) is -0.697. The highest BCUT2D eigenvalue weighted by Gasteiger charge is 2.32. The molecule has 1 amide bonds. The van der Waals surface area contributed by atoms with Gasteiger partial charge in [-0.1, -0.05) is 54.3 Å². The molecular formula is C14H14N2O3S2. The number of hydrogen-bond acceptors (Lipinski definition) is 6. The van der Waals surface area contributed by atoms with Crippen molar-refractivity contribution in [3.05, 3.63) is 40.8 Å². The third-order valence-electron chi connectivity index (χ3n) is 2.58. The number of carbonyl (C=O) groups is 2. The number of nitrogens with zero attached hydrogens (tertiary/aromatic N) is 1. The zero-order valence-corrected chi connectivity index (χ0v) is 13.0. The average molecular weight is 322 g/mol. The largest absolute Gasteiger partial charge is 0.465 e. The molecule has 0 spiro atoms. The highest BCUT2D eigenvalue weighted by Crippen LogP contribution is 2.31. The lowest BCUT2D eigenvalue weighted by Crippen LogP contribution is -2.44. The minimum absolute atomic E-state index is 0.0983. The van der Waals surface area contributed by atoms with E-state index in [1.54, 1.807) is 13.0 Å². The summed E-state index contributed by atoms with van der Waals surface area (Å²) in [4.78, 5) is 24.0. The molecule has 0 unspecified atom stereocenters. The fourth-order valence-corrected chi connectivity index (χ4v) is 2.88. The Balaban J connectivity index is 2.03. The van der Waals surface area contributed by atoms with Crippen LogP contribution in [0.25, 0.3) is 6.08 Å². The monoisotopic (exact) mass is 322 g/mol. The van der Waals surface area contributed by atoms with Crippen LogP contribution in [0.5, 0.6) is 0 Å². The lowest BCUT2D eigenvalue weighted by molar-refractivity contribution is -0.143. The van der Waals surface area contributed by atoms with Gasteiger partial charge in [-0.3, -0.25) is 9.59 Å². The molecule has 21 heavy (non-hydrogen) atoms. The van der Waals surface area contributed by atoms with Gasteiger partial charge in [-0.15, -0.1) is 0 Å². The van der Waals surface area contributed by atoms with Crippen LogP contribution in [0.1, 0.15) is 12.5 Å². The molecule has 0 atom stereocenters. The molecule has 1 aliphatic rings. The molecule has 0 saturated carbocycles. The van der Waals surface area contributed by atoms with Gasteiger partial charge in [0.1, 0.15) is 6.54 Å². The maximum absolute atomic E-state index is 12.2. The van der Waals surface area contributed by atoms with Crippen LogP contribution in [0.15, 0.2) is 35.2 Å². The fraction of sp³-hybridized carbons (Fsp3) is 0.214. The third-order valence-corrected chi connectivity index (χ3v) is 3.88. The lowest BCUT2D eigenvalue weighted by Gasteiger charge is -2.14. The Morgan fingerprint density at radius 1 is 1.43 bits per heavy atom. The number of amides is 1. The van der Waals surface area contributed by atoms with Crippen molar-refractivity contribution in [2.75, 3.05) is 13.2 Å². The number of hydrazine groups is 1. The second-order valence-electron chi connectivity index (χ2n) is 4.07. The standard InChI is InChI=1S/C14H14N2O3S2/c1-2-19-12(17)9-15-16-13(18)11(21-14(16)20)8-10-6-4-3-5-7-10/h3-8,15H,2,9H2,1H3/b11-8+. The molecule has 0 aliphatic carbocycles. The van der Waals surface area contributed by atoms with E-state index in [1.807, 2.05) is 30.3 Å². The van der Waals surface area contributed by atoms with Crippen molar-refractivity contribution < 1.29 is 14.3 Å². The van der Waals surface area contributed by atoms with E-state index in [-0.39, 0.29) is 12.5 Å². The molecule has 7 heteroatoms. The molecule has 1 aliphatic heterocycles. The Bertz CT molecular complexity index is 587. The van der Waals surface area contributed by atoms with Gasteiger partial charge in [-0.05, 0) is 18.6 Å². The second-order valence-corrected chi connectivity index (χ2v) is 5.74. The first-order valence-electron chi connectivity index (χ1n) is 6.34. The Morgan fingerprint density at radius 2 is 2.14 bits per heavy atom. The van der Waals surface area contributed by atoms with E-state index in [0.29, 0.717) is 15.8 Å². The number of hydrogen-bond donors (Lipinski definition) is 1. The lowest BCUT2D eigenvalue weighted by atomic mass is 10.2. The number of thioether (sulfide) groups is 1. The van der Waals surface area contributed by atoms with E-state index in [0.717, 1.165) is 5.56 Å². The minimum atomic E-state index is -0.432. The van der Waals surface area contributed by atoms with Crippen LogP contribution in [0.2, 0.25) is 0 Å². The average Bonchev–Trinajstić information content (AvgIpc) is 2.73. The molecule has 1 fully saturated rings. The molecule has 1 aromatic carbocycles. The molecule has 0 aromatic heterocycles. The van der Waals surface area contributed by atoms with Crippen LogP contribution >= 0.6 is 24.0 Å². The number of benzene rings is 1. The van der Waals surface area contributed by atoms with Crippen LogP contribution in [-0.4, -0.2) is 34.4 Å². The van der Waals surface area contributed by atoms with Gasteiger partial charge in [-0.2, -0.15) is 0 Å². The number of ether oxygens (including phenoxy) is 1. The zero-order chi connectivity index (χ0) is 15.2. The third kappa shape index (κ3) is 4.13. The summed E-state index contributed by atoms with van der Waals surface area (Å²) in [5, 5.41) is 1.20. The predicted molar refractivity (Wildman–Crippen MR) is 86.1 cm³/mol. The van der Waals surface area contributed by atoms with Gasteiger partial charge in [0.2, 0.25) is 0 Å². The smallest absolute Gasteiger partial charge is 0.321 e. The molecule has 0 bridgehead atoms. The molecular weight excluding hydrogens is 308 g/mol. The molecule has 0 radical (unpaired) electrons. The van der Waals surface area contributed by atoms with Crippen molar-refractivity contribution in [3.63, 3.8) is 0 Å². The molecule has 5 nitrogen and oxygen atoms in total. The Kier molecular flexibility index (Phi) is 5.49. The first-order chi connectivity index (χ1) is 10.1. The number of esters is 1. The zero-order valence-electron chi connectivity index (χ0n) is 11.4. The van der Waals surface area contributed by atoms with Crippen molar-refractivity contribution in [2.45, 2.75) is 6.92 Å². The van der Waals surface area contributed by atoms with E-state index >= 15 is 0 Å². The maximum Gasteiger partial charge on any atom is 0.321 e. The van der Waals surface area contributed by atoms with Gasteiger partial charge in [0.05, 0.1) is 11.5 Å². The normalized spacial score (nSPS) is 16.6. The number of nitrogens with one attached hydrogen (secondary N) is 1. The summed E-state index contributed by atoms with van der Waals surface area (Å²) < 4.78 is 5.16. The van der Waals surface area contributed by atoms with Crippen LogP contribution in [0, 0.1) is 0 Å². The van der Waals surface area contributed by atoms with Gasteiger partial charge in [0, 0.05) is 0 Å². The minimum Gasteiger partial charge on any atom is -0.465 e. The summed E-state index contributed by atoms with van der Waals surface area (Å²) in [7, 11) is 0.